The first-order valence-corrected chi connectivity index (χ1v) is 13.8. The Kier molecular flexibility index (Phi) is 9.91. The number of nitrogens with one attached hydrogen (secondary N) is 1. The highest BCUT2D eigenvalue weighted by Gasteiger charge is 2.39. The number of carbonyl (C=O) groups is 3. The average Bonchev–Trinajstić information content (AvgIpc) is 3.22. The Morgan fingerprint density at radius 1 is 1.02 bits per heavy atom. The Hall–Kier alpha value is -4.18. The minimum absolute atomic E-state index is 0.0454. The van der Waals surface area contributed by atoms with Crippen LogP contribution in [0.15, 0.2) is 77.8 Å². The monoisotopic (exact) mass is 563 g/mol. The summed E-state index contributed by atoms with van der Waals surface area (Å²) >= 11 is 1.22. The van der Waals surface area contributed by atoms with Gasteiger partial charge in [-0.1, -0.05) is 30.0 Å². The number of esters is 1. The third-order valence-corrected chi connectivity index (χ3v) is 7.14. The van der Waals surface area contributed by atoms with E-state index >= 15 is 0 Å². The van der Waals surface area contributed by atoms with Crippen LogP contribution in [0.4, 0.5) is 15.8 Å². The lowest BCUT2D eigenvalue weighted by Crippen LogP contribution is -2.35. The van der Waals surface area contributed by atoms with Crippen LogP contribution in [0.2, 0.25) is 0 Å². The molecule has 1 fully saturated rings. The molecule has 2 amide bonds. The van der Waals surface area contributed by atoms with Crippen molar-refractivity contribution in [3.63, 3.8) is 0 Å². The van der Waals surface area contributed by atoms with Crippen LogP contribution in [-0.4, -0.2) is 52.9 Å². The minimum atomic E-state index is -0.666. The molecule has 3 aromatic carbocycles. The summed E-state index contributed by atoms with van der Waals surface area (Å²) in [4.78, 5) is 44.5. The molecule has 0 spiro atoms. The van der Waals surface area contributed by atoms with Crippen molar-refractivity contribution in [1.29, 1.82) is 0 Å². The Labute approximate surface area is 236 Å². The van der Waals surface area contributed by atoms with E-state index in [9.17, 15) is 18.8 Å². The van der Waals surface area contributed by atoms with E-state index in [0.29, 0.717) is 47.4 Å². The summed E-state index contributed by atoms with van der Waals surface area (Å²) in [5.41, 5.74) is 2.40. The van der Waals surface area contributed by atoms with E-state index in [4.69, 9.17) is 9.47 Å². The Morgan fingerprint density at radius 3 is 2.48 bits per heavy atom. The number of hydrogen-bond acceptors (Lipinski definition) is 7. The molecule has 0 aromatic heterocycles. The lowest BCUT2D eigenvalue weighted by molar-refractivity contribution is -0.128. The third-order valence-electron chi connectivity index (χ3n) is 5.96. The zero-order valence-corrected chi connectivity index (χ0v) is 23.1. The lowest BCUT2D eigenvalue weighted by atomic mass is 10.1. The standard InChI is InChI=1S/C30H30FN3O5S/c1-3-38-25-7-5-6-24(18-25)32-27(35)19-26-28(36)34(17-16-20-8-12-22(31)13-9-20)30(40-26)33-23-14-10-21(11-15-23)29(37)39-4-2/h5-15,18,26H,3-4,16-17,19H2,1-2H3,(H,32,35)/t26-/m0/s1. The van der Waals surface area contributed by atoms with Gasteiger partial charge in [0.2, 0.25) is 11.8 Å². The second-order valence-electron chi connectivity index (χ2n) is 8.85. The van der Waals surface area contributed by atoms with Crippen LogP contribution in [0.3, 0.4) is 0 Å². The van der Waals surface area contributed by atoms with Crippen LogP contribution in [0.1, 0.15) is 36.2 Å². The van der Waals surface area contributed by atoms with E-state index in [0.717, 1.165) is 5.56 Å². The number of amidine groups is 1. The second-order valence-corrected chi connectivity index (χ2v) is 10.0. The SMILES string of the molecule is CCOC(=O)c1ccc(N=C2S[C@@H](CC(=O)Nc3cccc(OCC)c3)C(=O)N2CCc2ccc(F)cc2)cc1. The van der Waals surface area contributed by atoms with E-state index in [1.165, 1.54) is 23.9 Å². The summed E-state index contributed by atoms with van der Waals surface area (Å²) in [6, 6.07) is 19.8. The first kappa shape index (κ1) is 28.8. The number of amides is 2. The molecule has 208 valence electrons. The van der Waals surface area contributed by atoms with Gasteiger partial charge in [0.25, 0.3) is 0 Å². The lowest BCUT2D eigenvalue weighted by Gasteiger charge is -2.16. The van der Waals surface area contributed by atoms with Crippen LogP contribution in [-0.2, 0) is 20.7 Å². The van der Waals surface area contributed by atoms with Gasteiger partial charge in [-0.15, -0.1) is 0 Å². The summed E-state index contributed by atoms with van der Waals surface area (Å²) in [5.74, 6) is -0.652. The van der Waals surface area contributed by atoms with Gasteiger partial charge >= 0.3 is 5.97 Å². The van der Waals surface area contributed by atoms with Crippen molar-refractivity contribution in [1.82, 2.24) is 4.90 Å². The number of thioether (sulfide) groups is 1. The fraction of sp³-hybridized carbons (Fsp3) is 0.267. The molecule has 0 aliphatic carbocycles. The number of nitrogens with zero attached hydrogens (tertiary/aromatic N) is 2. The largest absolute Gasteiger partial charge is 0.494 e. The number of aliphatic imine (C=N–C) groups is 1. The number of carbonyl (C=O) groups excluding carboxylic acids is 3. The number of ether oxygens (including phenoxy) is 2. The van der Waals surface area contributed by atoms with Crippen molar-refractivity contribution in [3.8, 4) is 5.75 Å². The molecule has 1 N–H and O–H groups in total. The van der Waals surface area contributed by atoms with Gasteiger partial charge in [0, 0.05) is 24.7 Å². The molecular formula is C30H30FN3O5S. The van der Waals surface area contributed by atoms with E-state index in [-0.39, 0.29) is 30.7 Å². The zero-order chi connectivity index (χ0) is 28.5. The first-order chi connectivity index (χ1) is 19.4. The number of hydrogen-bond donors (Lipinski definition) is 1. The molecule has 10 heteroatoms. The molecule has 1 heterocycles. The first-order valence-electron chi connectivity index (χ1n) is 13.0. The summed E-state index contributed by atoms with van der Waals surface area (Å²) in [5, 5.41) is 2.62. The van der Waals surface area contributed by atoms with Gasteiger partial charge in [-0.25, -0.2) is 14.2 Å². The Balaban J connectivity index is 1.50. The predicted molar refractivity (Wildman–Crippen MR) is 154 cm³/mol. The molecule has 3 aromatic rings. The normalized spacial score (nSPS) is 15.8. The molecule has 0 bridgehead atoms. The van der Waals surface area contributed by atoms with Crippen LogP contribution >= 0.6 is 11.8 Å². The zero-order valence-electron chi connectivity index (χ0n) is 22.3. The van der Waals surface area contributed by atoms with Gasteiger partial charge in [-0.2, -0.15) is 0 Å². The van der Waals surface area contributed by atoms with Gasteiger partial charge in [-0.05, 0) is 74.4 Å². The highest BCUT2D eigenvalue weighted by Crippen LogP contribution is 2.32. The molecule has 40 heavy (non-hydrogen) atoms. The van der Waals surface area contributed by atoms with E-state index in [2.05, 4.69) is 10.3 Å². The maximum atomic E-state index is 13.4. The molecule has 4 rings (SSSR count). The van der Waals surface area contributed by atoms with Crippen molar-refractivity contribution in [3.05, 3.63) is 89.7 Å². The van der Waals surface area contributed by atoms with Gasteiger partial charge < -0.3 is 14.8 Å². The summed E-state index contributed by atoms with van der Waals surface area (Å²) in [6.45, 7) is 4.71. The van der Waals surface area contributed by atoms with Gasteiger partial charge in [0.05, 0.1) is 24.5 Å². The highest BCUT2D eigenvalue weighted by atomic mass is 32.2. The molecule has 0 unspecified atom stereocenters. The van der Waals surface area contributed by atoms with E-state index in [1.54, 1.807) is 72.5 Å². The molecule has 8 nitrogen and oxygen atoms in total. The highest BCUT2D eigenvalue weighted by molar-refractivity contribution is 8.15. The van der Waals surface area contributed by atoms with Crippen molar-refractivity contribution < 1.29 is 28.2 Å². The topological polar surface area (TPSA) is 97.3 Å². The average molecular weight is 564 g/mol. The van der Waals surface area contributed by atoms with Gasteiger partial charge in [0.1, 0.15) is 16.8 Å². The van der Waals surface area contributed by atoms with Gasteiger partial charge in [0.15, 0.2) is 5.17 Å². The van der Waals surface area contributed by atoms with Crippen molar-refractivity contribution >= 4 is 46.1 Å². The Morgan fingerprint density at radius 2 is 1.77 bits per heavy atom. The molecule has 0 radical (unpaired) electrons. The third kappa shape index (κ3) is 7.69. The van der Waals surface area contributed by atoms with E-state index in [1.807, 2.05) is 6.92 Å². The fourth-order valence-corrected chi connectivity index (χ4v) is 5.21. The van der Waals surface area contributed by atoms with Crippen molar-refractivity contribution in [2.45, 2.75) is 31.9 Å². The fourth-order valence-electron chi connectivity index (χ4n) is 4.03. The maximum Gasteiger partial charge on any atom is 0.338 e. The summed E-state index contributed by atoms with van der Waals surface area (Å²) in [7, 11) is 0. The number of rotatable bonds is 11. The van der Waals surface area contributed by atoms with Crippen LogP contribution in [0.5, 0.6) is 5.75 Å². The molecule has 1 saturated heterocycles. The van der Waals surface area contributed by atoms with Crippen molar-refractivity contribution in [2.75, 3.05) is 25.1 Å². The number of anilines is 1. The Bertz CT molecular complexity index is 1380. The minimum Gasteiger partial charge on any atom is -0.494 e. The molecule has 1 aliphatic heterocycles. The molecule has 1 aliphatic rings. The number of benzene rings is 3. The second kappa shape index (κ2) is 13.7. The number of halogens is 1. The van der Waals surface area contributed by atoms with Crippen LogP contribution in [0, 0.1) is 5.82 Å². The molecule has 1 atom stereocenters. The maximum absolute atomic E-state index is 13.4. The van der Waals surface area contributed by atoms with E-state index < -0.39 is 11.2 Å². The molecule has 0 saturated carbocycles. The smallest absolute Gasteiger partial charge is 0.338 e. The predicted octanol–water partition coefficient (Wildman–Crippen LogP) is 5.60. The molecular weight excluding hydrogens is 533 g/mol. The quantitative estimate of drug-likeness (QED) is 0.305. The van der Waals surface area contributed by atoms with Crippen LogP contribution < -0.4 is 10.1 Å². The summed E-state index contributed by atoms with van der Waals surface area (Å²) < 4.78 is 23.9. The van der Waals surface area contributed by atoms with Crippen LogP contribution in [0.25, 0.3) is 0 Å². The van der Waals surface area contributed by atoms with Crippen molar-refractivity contribution in [2.24, 2.45) is 4.99 Å². The summed E-state index contributed by atoms with van der Waals surface area (Å²) in [6.07, 6.45) is 0.437. The van der Waals surface area contributed by atoms with Gasteiger partial charge in [-0.3, -0.25) is 14.5 Å².